The average molecular weight is 372 g/mol. The Morgan fingerprint density at radius 1 is 1.19 bits per heavy atom. The number of nitrogens with one attached hydrogen (secondary N) is 1. The van der Waals surface area contributed by atoms with Crippen LogP contribution < -0.4 is 5.32 Å². The van der Waals surface area contributed by atoms with Crippen LogP contribution in [0, 0.1) is 0 Å². The van der Waals surface area contributed by atoms with Gasteiger partial charge in [-0.2, -0.15) is 11.8 Å². The Bertz CT molecular complexity index is 842. The molecule has 0 aliphatic heterocycles. The summed E-state index contributed by atoms with van der Waals surface area (Å²) in [5.41, 5.74) is 1.95. The van der Waals surface area contributed by atoms with Crippen LogP contribution in [-0.2, 0) is 16.1 Å². The van der Waals surface area contributed by atoms with E-state index in [9.17, 15) is 4.79 Å². The van der Waals surface area contributed by atoms with E-state index in [2.05, 4.69) is 22.2 Å². The molecule has 0 saturated carbocycles. The van der Waals surface area contributed by atoms with Crippen LogP contribution in [0.15, 0.2) is 55.0 Å². The van der Waals surface area contributed by atoms with E-state index in [0.717, 1.165) is 35.3 Å². The van der Waals surface area contributed by atoms with Gasteiger partial charge in [0.15, 0.2) is 0 Å². The van der Waals surface area contributed by atoms with Crippen LogP contribution in [0.5, 0.6) is 0 Å². The lowest BCUT2D eigenvalue weighted by Gasteiger charge is -2.19. The largest absolute Gasteiger partial charge is 0.383 e. The molecular formula is C20H25N3O2S. The number of carbonyl (C=O) groups excluding carboxylic acids is 1. The third-order valence-corrected chi connectivity index (χ3v) is 5.14. The molecule has 0 aliphatic carbocycles. The van der Waals surface area contributed by atoms with Gasteiger partial charge in [-0.1, -0.05) is 6.07 Å². The van der Waals surface area contributed by atoms with Gasteiger partial charge in [0.25, 0.3) is 0 Å². The molecule has 6 heteroatoms. The number of hydrogen-bond acceptors (Lipinski definition) is 3. The first-order valence-electron chi connectivity index (χ1n) is 8.73. The maximum Gasteiger partial charge on any atom is 0.247 e. The number of fused-ring (bicyclic) bond motifs is 1. The summed E-state index contributed by atoms with van der Waals surface area (Å²) in [4.78, 5) is 13.0. The van der Waals surface area contributed by atoms with Crippen LogP contribution in [0.3, 0.4) is 0 Å². The second-order valence-electron chi connectivity index (χ2n) is 6.16. The number of carbonyl (C=O) groups is 1. The minimum atomic E-state index is -0.205. The second kappa shape index (κ2) is 8.96. The summed E-state index contributed by atoms with van der Waals surface area (Å²) in [6.07, 6.45) is 8.80. The lowest BCUT2D eigenvalue weighted by atomic mass is 10.1. The molecule has 5 nitrogen and oxygen atoms in total. The summed E-state index contributed by atoms with van der Waals surface area (Å²) in [5.74, 6) is 0.959. The molecule has 1 amide bonds. The van der Waals surface area contributed by atoms with Crippen molar-refractivity contribution in [2.45, 2.75) is 19.0 Å². The topological polar surface area (TPSA) is 48.2 Å². The van der Waals surface area contributed by atoms with Gasteiger partial charge in [0.2, 0.25) is 5.91 Å². The number of hydrogen-bond donors (Lipinski definition) is 1. The van der Waals surface area contributed by atoms with E-state index < -0.39 is 0 Å². The molecule has 3 rings (SSSR count). The molecule has 0 aliphatic rings. The number of nitrogens with zero attached hydrogens (tertiary/aromatic N) is 2. The van der Waals surface area contributed by atoms with Crippen molar-refractivity contribution in [1.82, 2.24) is 9.13 Å². The predicted molar refractivity (Wildman–Crippen MR) is 109 cm³/mol. The van der Waals surface area contributed by atoms with Gasteiger partial charge in [0.05, 0.1) is 17.8 Å². The lowest BCUT2D eigenvalue weighted by molar-refractivity contribution is -0.119. The minimum Gasteiger partial charge on any atom is -0.383 e. The first-order valence-corrected chi connectivity index (χ1v) is 10.1. The van der Waals surface area contributed by atoms with Gasteiger partial charge in [-0.25, -0.2) is 0 Å². The summed E-state index contributed by atoms with van der Waals surface area (Å²) < 4.78 is 9.30. The minimum absolute atomic E-state index is 0.0207. The number of thioether (sulfide) groups is 1. The van der Waals surface area contributed by atoms with Crippen molar-refractivity contribution in [2.24, 2.45) is 0 Å². The summed E-state index contributed by atoms with van der Waals surface area (Å²) in [5, 5.41) is 4.19. The molecule has 1 aromatic carbocycles. The monoisotopic (exact) mass is 371 g/mol. The van der Waals surface area contributed by atoms with Crippen molar-refractivity contribution in [3.63, 3.8) is 0 Å². The fraction of sp³-hybridized carbons (Fsp3) is 0.350. The van der Waals surface area contributed by atoms with Crippen molar-refractivity contribution < 1.29 is 9.53 Å². The maximum atomic E-state index is 13.0. The van der Waals surface area contributed by atoms with Crippen molar-refractivity contribution in [2.75, 3.05) is 31.0 Å². The third kappa shape index (κ3) is 4.14. The third-order valence-electron chi connectivity index (χ3n) is 4.49. The Kier molecular flexibility index (Phi) is 6.41. The molecule has 0 fully saturated rings. The number of rotatable bonds is 9. The second-order valence-corrected chi connectivity index (χ2v) is 7.14. The highest BCUT2D eigenvalue weighted by Crippen LogP contribution is 2.26. The Labute approximate surface area is 158 Å². The zero-order chi connectivity index (χ0) is 18.4. The van der Waals surface area contributed by atoms with Crippen LogP contribution in [-0.4, -0.2) is 40.8 Å². The Morgan fingerprint density at radius 3 is 2.73 bits per heavy atom. The summed E-state index contributed by atoms with van der Waals surface area (Å²) in [7, 11) is 1.70. The zero-order valence-corrected chi connectivity index (χ0v) is 16.0. The van der Waals surface area contributed by atoms with Crippen LogP contribution in [0.4, 0.5) is 5.69 Å². The molecule has 0 unspecified atom stereocenters. The molecule has 1 N–H and O–H groups in total. The van der Waals surface area contributed by atoms with Gasteiger partial charge in [0, 0.05) is 37.6 Å². The zero-order valence-electron chi connectivity index (χ0n) is 15.2. The Hall–Kier alpha value is -2.18. The molecule has 2 heterocycles. The number of methoxy groups -OCH3 is 1. The first kappa shape index (κ1) is 18.6. The highest BCUT2D eigenvalue weighted by molar-refractivity contribution is 7.98. The molecule has 0 spiro atoms. The number of ether oxygens (including phenoxy) is 1. The quantitative estimate of drug-likeness (QED) is 0.618. The van der Waals surface area contributed by atoms with Crippen LogP contribution >= 0.6 is 11.8 Å². The van der Waals surface area contributed by atoms with Crippen LogP contribution in [0.2, 0.25) is 0 Å². The Balaban J connectivity index is 1.82. The van der Waals surface area contributed by atoms with Gasteiger partial charge in [-0.15, -0.1) is 0 Å². The van der Waals surface area contributed by atoms with E-state index in [4.69, 9.17) is 4.74 Å². The highest BCUT2D eigenvalue weighted by atomic mass is 32.2. The van der Waals surface area contributed by atoms with E-state index in [1.165, 1.54) is 0 Å². The molecule has 0 radical (unpaired) electrons. The number of amides is 1. The van der Waals surface area contributed by atoms with Crippen molar-refractivity contribution in [3.8, 4) is 0 Å². The van der Waals surface area contributed by atoms with Crippen LogP contribution in [0.1, 0.15) is 12.5 Å². The number of anilines is 1. The van der Waals surface area contributed by atoms with E-state index in [1.807, 2.05) is 53.5 Å². The fourth-order valence-electron chi connectivity index (χ4n) is 3.13. The molecule has 138 valence electrons. The molecule has 1 atom stereocenters. The summed E-state index contributed by atoms with van der Waals surface area (Å²) >= 11 is 1.76. The summed E-state index contributed by atoms with van der Waals surface area (Å²) in [6, 6.07) is 11.8. The standard InChI is InChI=1S/C20H25N3O2S/c1-25-14-13-23-12-8-16-17(6-5-7-18(16)23)21-20(24)19(9-15-26-2)22-10-3-4-11-22/h3-8,10-12,19H,9,13-15H2,1-2H3,(H,21,24)/t19-/m1/s1. The fourth-order valence-corrected chi connectivity index (χ4v) is 3.59. The Morgan fingerprint density at radius 2 is 2.00 bits per heavy atom. The molecule has 2 aromatic heterocycles. The summed E-state index contributed by atoms with van der Waals surface area (Å²) in [6.45, 7) is 1.45. The van der Waals surface area contributed by atoms with Gasteiger partial charge < -0.3 is 19.2 Å². The van der Waals surface area contributed by atoms with Crippen molar-refractivity contribution in [3.05, 3.63) is 55.0 Å². The van der Waals surface area contributed by atoms with Gasteiger partial charge >= 0.3 is 0 Å². The lowest BCUT2D eigenvalue weighted by Crippen LogP contribution is -2.26. The predicted octanol–water partition coefficient (Wildman–Crippen LogP) is 4.02. The molecule has 0 saturated heterocycles. The molecular weight excluding hydrogens is 346 g/mol. The van der Waals surface area contributed by atoms with Crippen molar-refractivity contribution >= 4 is 34.3 Å². The molecule has 3 aromatic rings. The molecule has 26 heavy (non-hydrogen) atoms. The number of aromatic nitrogens is 2. The van der Waals surface area contributed by atoms with Gasteiger partial charge in [-0.05, 0) is 48.8 Å². The van der Waals surface area contributed by atoms with E-state index >= 15 is 0 Å². The highest BCUT2D eigenvalue weighted by Gasteiger charge is 2.20. The first-order chi connectivity index (χ1) is 12.7. The SMILES string of the molecule is COCCn1ccc2c(NC(=O)[C@@H](CCSC)n3cccc3)cccc21. The average Bonchev–Trinajstić information content (AvgIpc) is 3.31. The molecule has 0 bridgehead atoms. The smallest absolute Gasteiger partial charge is 0.247 e. The maximum absolute atomic E-state index is 13.0. The normalized spacial score (nSPS) is 12.4. The van der Waals surface area contributed by atoms with Crippen molar-refractivity contribution in [1.29, 1.82) is 0 Å². The van der Waals surface area contributed by atoms with Crippen LogP contribution in [0.25, 0.3) is 10.9 Å². The van der Waals surface area contributed by atoms with E-state index in [-0.39, 0.29) is 11.9 Å². The number of benzene rings is 1. The van der Waals surface area contributed by atoms with Gasteiger partial charge in [0.1, 0.15) is 6.04 Å². The van der Waals surface area contributed by atoms with E-state index in [1.54, 1.807) is 18.9 Å². The van der Waals surface area contributed by atoms with Gasteiger partial charge in [-0.3, -0.25) is 4.79 Å². The van der Waals surface area contributed by atoms with E-state index in [0.29, 0.717) is 6.61 Å².